The molecule has 0 saturated heterocycles. The summed E-state index contributed by atoms with van der Waals surface area (Å²) >= 11 is 0. The van der Waals surface area contributed by atoms with Gasteiger partial charge in [-0.05, 0) is 38.5 Å². The Hall–Kier alpha value is -0.790. The normalized spacial score (nSPS) is 14.7. The molecule has 1 N–H and O–H groups in total. The highest BCUT2D eigenvalue weighted by atomic mass is 16.2. The molecule has 0 aromatic carbocycles. The molecule has 0 fully saturated rings. The molecule has 0 heterocycles. The Balaban J connectivity index is 4.20. The summed E-state index contributed by atoms with van der Waals surface area (Å²) in [7, 11) is 0. The largest absolute Gasteiger partial charge is 0.355 e. The first-order chi connectivity index (χ1) is 8.68. The number of hydrogen-bond acceptors (Lipinski definition) is 1. The van der Waals surface area contributed by atoms with Crippen molar-refractivity contribution in [2.24, 2.45) is 17.3 Å². The minimum absolute atomic E-state index is 0.155. The minimum atomic E-state index is -0.288. The van der Waals surface area contributed by atoms with Gasteiger partial charge >= 0.3 is 0 Å². The number of hydrogen-bond donors (Lipinski definition) is 1. The molecule has 0 rings (SSSR count). The number of nitrogens with one attached hydrogen (secondary N) is 1. The van der Waals surface area contributed by atoms with Crippen molar-refractivity contribution >= 4 is 5.91 Å². The monoisotopic (exact) mass is 267 g/mol. The summed E-state index contributed by atoms with van der Waals surface area (Å²) in [6, 6.07) is 0. The van der Waals surface area contributed by atoms with Crippen molar-refractivity contribution in [1.29, 1.82) is 0 Å². The molecule has 2 heteroatoms. The highest BCUT2D eigenvalue weighted by molar-refractivity contribution is 5.81. The van der Waals surface area contributed by atoms with Gasteiger partial charge in [0.05, 0.1) is 0 Å². The molecule has 0 aromatic rings. The zero-order chi connectivity index (χ0) is 15.1. The van der Waals surface area contributed by atoms with Crippen LogP contribution in [0.1, 0.15) is 67.7 Å². The van der Waals surface area contributed by atoms with Gasteiger partial charge in [0.1, 0.15) is 0 Å². The van der Waals surface area contributed by atoms with Gasteiger partial charge in [0.25, 0.3) is 0 Å². The van der Waals surface area contributed by atoms with E-state index in [9.17, 15) is 4.79 Å². The van der Waals surface area contributed by atoms with Crippen molar-refractivity contribution in [1.82, 2.24) is 5.32 Å². The molecular weight excluding hydrogens is 234 g/mol. The van der Waals surface area contributed by atoms with Gasteiger partial charge in [-0.3, -0.25) is 4.79 Å². The smallest absolute Gasteiger partial charge is 0.225 e. The Morgan fingerprint density at radius 1 is 1.26 bits per heavy atom. The highest BCUT2D eigenvalue weighted by Gasteiger charge is 2.23. The maximum Gasteiger partial charge on any atom is 0.225 e. The van der Waals surface area contributed by atoms with E-state index in [1.807, 2.05) is 20.8 Å². The van der Waals surface area contributed by atoms with E-state index in [0.29, 0.717) is 11.8 Å². The fourth-order valence-electron chi connectivity index (χ4n) is 2.11. The molecule has 112 valence electrons. The lowest BCUT2D eigenvalue weighted by atomic mass is 9.87. The van der Waals surface area contributed by atoms with Crippen LogP contribution in [0.3, 0.4) is 0 Å². The van der Waals surface area contributed by atoms with Crippen molar-refractivity contribution in [2.45, 2.75) is 67.7 Å². The fourth-order valence-corrected chi connectivity index (χ4v) is 2.11. The Morgan fingerprint density at radius 2 is 1.84 bits per heavy atom. The van der Waals surface area contributed by atoms with Gasteiger partial charge < -0.3 is 5.32 Å². The SMILES string of the molecule is CCC(CNC(=O)C(C)(C)C)C(C)CCC=C(C)C. The second-order valence-electron chi connectivity index (χ2n) is 6.96. The third-order valence-corrected chi connectivity index (χ3v) is 3.71. The maximum atomic E-state index is 11.9. The van der Waals surface area contributed by atoms with Crippen LogP contribution in [-0.4, -0.2) is 12.5 Å². The van der Waals surface area contributed by atoms with E-state index in [1.165, 1.54) is 12.0 Å². The predicted molar refractivity (Wildman–Crippen MR) is 84.1 cm³/mol. The topological polar surface area (TPSA) is 29.1 Å². The van der Waals surface area contributed by atoms with E-state index in [0.717, 1.165) is 19.4 Å². The standard InChI is InChI=1S/C17H33NO/c1-8-15(12-18-16(19)17(5,6)7)14(4)11-9-10-13(2)3/h10,14-15H,8-9,11-12H2,1-7H3,(H,18,19). The van der Waals surface area contributed by atoms with E-state index in [2.05, 4.69) is 39.1 Å². The first-order valence-corrected chi connectivity index (χ1v) is 7.60. The highest BCUT2D eigenvalue weighted by Crippen LogP contribution is 2.21. The van der Waals surface area contributed by atoms with Gasteiger partial charge in [-0.1, -0.05) is 52.7 Å². The molecule has 0 saturated carbocycles. The number of carbonyl (C=O) groups is 1. The molecular formula is C17H33NO. The van der Waals surface area contributed by atoms with Gasteiger partial charge in [-0.15, -0.1) is 0 Å². The van der Waals surface area contributed by atoms with Crippen LogP contribution in [0.5, 0.6) is 0 Å². The van der Waals surface area contributed by atoms with Crippen molar-refractivity contribution in [2.75, 3.05) is 6.54 Å². The average Bonchev–Trinajstić information content (AvgIpc) is 2.27. The zero-order valence-corrected chi connectivity index (χ0v) is 14.0. The third kappa shape index (κ3) is 8.07. The molecule has 1 amide bonds. The first-order valence-electron chi connectivity index (χ1n) is 7.60. The fraction of sp³-hybridized carbons (Fsp3) is 0.824. The van der Waals surface area contributed by atoms with E-state index < -0.39 is 0 Å². The zero-order valence-electron chi connectivity index (χ0n) is 14.0. The lowest BCUT2D eigenvalue weighted by molar-refractivity contribution is -0.128. The molecule has 0 aliphatic carbocycles. The Labute approximate surface area is 120 Å². The van der Waals surface area contributed by atoms with Crippen LogP contribution in [-0.2, 0) is 4.79 Å². The second-order valence-corrected chi connectivity index (χ2v) is 6.96. The van der Waals surface area contributed by atoms with Crippen LogP contribution in [0.2, 0.25) is 0 Å². The van der Waals surface area contributed by atoms with Crippen molar-refractivity contribution in [3.63, 3.8) is 0 Å². The molecule has 19 heavy (non-hydrogen) atoms. The summed E-state index contributed by atoms with van der Waals surface area (Å²) in [5, 5.41) is 3.10. The number of allylic oxidation sites excluding steroid dienone is 2. The molecule has 0 radical (unpaired) electrons. The third-order valence-electron chi connectivity index (χ3n) is 3.71. The summed E-state index contributed by atoms with van der Waals surface area (Å²) < 4.78 is 0. The van der Waals surface area contributed by atoms with Crippen LogP contribution in [0, 0.1) is 17.3 Å². The Kier molecular flexibility index (Phi) is 8.05. The quantitative estimate of drug-likeness (QED) is 0.673. The van der Waals surface area contributed by atoms with Crippen molar-refractivity contribution in [3.8, 4) is 0 Å². The first kappa shape index (κ1) is 18.2. The van der Waals surface area contributed by atoms with Gasteiger partial charge in [0.2, 0.25) is 5.91 Å². The van der Waals surface area contributed by atoms with Crippen molar-refractivity contribution < 1.29 is 4.79 Å². The summed E-state index contributed by atoms with van der Waals surface area (Å²) in [4.78, 5) is 11.9. The van der Waals surface area contributed by atoms with Crippen LogP contribution < -0.4 is 5.32 Å². The summed E-state index contributed by atoms with van der Waals surface area (Å²) in [5.74, 6) is 1.39. The summed E-state index contributed by atoms with van der Waals surface area (Å²) in [6.45, 7) is 15.5. The average molecular weight is 267 g/mol. The number of carbonyl (C=O) groups excluding carboxylic acids is 1. The van der Waals surface area contributed by atoms with Gasteiger partial charge in [-0.2, -0.15) is 0 Å². The van der Waals surface area contributed by atoms with E-state index in [-0.39, 0.29) is 11.3 Å². The molecule has 0 aliphatic rings. The maximum absolute atomic E-state index is 11.9. The molecule has 2 atom stereocenters. The van der Waals surface area contributed by atoms with Gasteiger partial charge in [0.15, 0.2) is 0 Å². The van der Waals surface area contributed by atoms with Crippen molar-refractivity contribution in [3.05, 3.63) is 11.6 Å². The van der Waals surface area contributed by atoms with Crippen LogP contribution >= 0.6 is 0 Å². The van der Waals surface area contributed by atoms with E-state index in [1.54, 1.807) is 0 Å². The summed E-state index contributed by atoms with van der Waals surface area (Å²) in [6.07, 6.45) is 5.78. The molecule has 0 aliphatic heterocycles. The molecule has 2 unspecified atom stereocenters. The Bertz CT molecular complexity index is 295. The second kappa shape index (κ2) is 8.39. The predicted octanol–water partition coefficient (Wildman–Crippen LogP) is 4.56. The van der Waals surface area contributed by atoms with Crippen LogP contribution in [0.15, 0.2) is 11.6 Å². The lowest BCUT2D eigenvalue weighted by Gasteiger charge is -2.25. The molecule has 0 spiro atoms. The minimum Gasteiger partial charge on any atom is -0.355 e. The van der Waals surface area contributed by atoms with Gasteiger partial charge in [-0.25, -0.2) is 0 Å². The van der Waals surface area contributed by atoms with Crippen LogP contribution in [0.25, 0.3) is 0 Å². The van der Waals surface area contributed by atoms with Gasteiger partial charge in [0, 0.05) is 12.0 Å². The summed E-state index contributed by atoms with van der Waals surface area (Å²) in [5.41, 5.74) is 1.10. The van der Waals surface area contributed by atoms with E-state index >= 15 is 0 Å². The number of amides is 1. The Morgan fingerprint density at radius 3 is 2.26 bits per heavy atom. The van der Waals surface area contributed by atoms with E-state index in [4.69, 9.17) is 0 Å². The molecule has 2 nitrogen and oxygen atoms in total. The molecule has 0 bridgehead atoms. The number of rotatable bonds is 7. The lowest BCUT2D eigenvalue weighted by Crippen LogP contribution is -2.38. The van der Waals surface area contributed by atoms with Crippen LogP contribution in [0.4, 0.5) is 0 Å². The molecule has 0 aromatic heterocycles.